The topological polar surface area (TPSA) is 54.7 Å². The van der Waals surface area contributed by atoms with Crippen LogP contribution in [-0.2, 0) is 6.61 Å². The van der Waals surface area contributed by atoms with Crippen molar-refractivity contribution in [1.29, 1.82) is 0 Å². The highest BCUT2D eigenvalue weighted by Gasteiger charge is 2.21. The Morgan fingerprint density at radius 3 is 2.74 bits per heavy atom. The zero-order chi connectivity index (χ0) is 18.6. The van der Waals surface area contributed by atoms with E-state index >= 15 is 0 Å². The van der Waals surface area contributed by atoms with E-state index in [2.05, 4.69) is 17.3 Å². The van der Waals surface area contributed by atoms with Crippen molar-refractivity contribution in [3.05, 3.63) is 65.9 Å². The number of likely N-dealkylation sites (tertiary alicyclic amines) is 1. The molecule has 0 atom stereocenters. The average Bonchev–Trinajstić information content (AvgIpc) is 3.12. The summed E-state index contributed by atoms with van der Waals surface area (Å²) < 4.78 is 11.5. The highest BCUT2D eigenvalue weighted by atomic mass is 16.5. The third-order valence-corrected chi connectivity index (χ3v) is 5.09. The molecular weight excluding hydrogens is 340 g/mol. The summed E-state index contributed by atoms with van der Waals surface area (Å²) in [6.45, 7) is 2.50. The van der Waals surface area contributed by atoms with Crippen molar-refractivity contribution < 1.29 is 13.9 Å². The number of amides is 1. The summed E-state index contributed by atoms with van der Waals surface area (Å²) in [5, 5.41) is 3.93. The maximum Gasteiger partial charge on any atom is 0.255 e. The van der Waals surface area contributed by atoms with Crippen LogP contribution in [0.25, 0.3) is 11.0 Å². The minimum absolute atomic E-state index is 0.0801. The SMILES string of the molecule is CN1CCC(NC(=O)c2coc3ccc(OCc4ccccc4)cc23)CC1. The first-order valence-corrected chi connectivity index (χ1v) is 9.36. The zero-order valence-electron chi connectivity index (χ0n) is 15.5. The lowest BCUT2D eigenvalue weighted by Crippen LogP contribution is -2.43. The third kappa shape index (κ3) is 4.14. The summed E-state index contributed by atoms with van der Waals surface area (Å²) in [4.78, 5) is 15.0. The van der Waals surface area contributed by atoms with E-state index in [0.29, 0.717) is 17.8 Å². The summed E-state index contributed by atoms with van der Waals surface area (Å²) in [7, 11) is 2.11. The fraction of sp³-hybridized carbons (Fsp3) is 0.318. The molecule has 2 heterocycles. The van der Waals surface area contributed by atoms with Crippen molar-refractivity contribution >= 4 is 16.9 Å². The Hall–Kier alpha value is -2.79. The van der Waals surface area contributed by atoms with Crippen molar-refractivity contribution in [3.63, 3.8) is 0 Å². The fourth-order valence-corrected chi connectivity index (χ4v) is 3.43. The molecule has 1 N–H and O–H groups in total. The van der Waals surface area contributed by atoms with Gasteiger partial charge in [-0.25, -0.2) is 0 Å². The number of hydrogen-bond acceptors (Lipinski definition) is 4. The van der Waals surface area contributed by atoms with Crippen molar-refractivity contribution in [3.8, 4) is 5.75 Å². The van der Waals surface area contributed by atoms with E-state index in [9.17, 15) is 4.79 Å². The number of carbonyl (C=O) groups is 1. The molecular formula is C22H24N2O3. The van der Waals surface area contributed by atoms with Gasteiger partial charge < -0.3 is 19.4 Å². The Morgan fingerprint density at radius 2 is 1.96 bits per heavy atom. The first-order chi connectivity index (χ1) is 13.2. The molecule has 0 aliphatic carbocycles. The van der Waals surface area contributed by atoms with Crippen molar-refractivity contribution in [2.45, 2.75) is 25.5 Å². The molecule has 0 bridgehead atoms. The Kier molecular flexibility index (Phi) is 5.12. The Labute approximate surface area is 158 Å². The number of piperidine rings is 1. The van der Waals surface area contributed by atoms with Gasteiger partial charge in [-0.1, -0.05) is 30.3 Å². The molecule has 0 unspecified atom stereocenters. The molecule has 0 spiro atoms. The Balaban J connectivity index is 1.47. The zero-order valence-corrected chi connectivity index (χ0v) is 15.5. The second-order valence-electron chi connectivity index (χ2n) is 7.13. The van der Waals surface area contributed by atoms with Crippen molar-refractivity contribution in [2.75, 3.05) is 20.1 Å². The standard InChI is InChI=1S/C22H24N2O3/c1-24-11-9-17(10-12-24)23-22(25)20-15-27-21-8-7-18(13-19(20)21)26-14-16-5-3-2-4-6-16/h2-8,13,15,17H,9-12,14H2,1H3,(H,23,25). The predicted octanol–water partition coefficient (Wildman–Crippen LogP) is 3.84. The van der Waals surface area contributed by atoms with Gasteiger partial charge in [-0.15, -0.1) is 0 Å². The van der Waals surface area contributed by atoms with Gasteiger partial charge in [0.1, 0.15) is 24.2 Å². The van der Waals surface area contributed by atoms with Gasteiger partial charge in [0.25, 0.3) is 5.91 Å². The number of rotatable bonds is 5. The average molecular weight is 364 g/mol. The van der Waals surface area contributed by atoms with E-state index in [-0.39, 0.29) is 11.9 Å². The second kappa shape index (κ2) is 7.84. The lowest BCUT2D eigenvalue weighted by molar-refractivity contribution is 0.0917. The van der Waals surface area contributed by atoms with Gasteiger partial charge in [0, 0.05) is 11.4 Å². The lowest BCUT2D eigenvalue weighted by atomic mass is 10.0. The van der Waals surface area contributed by atoms with Crippen LogP contribution in [0.5, 0.6) is 5.75 Å². The molecule has 27 heavy (non-hydrogen) atoms. The van der Waals surface area contributed by atoms with Crippen molar-refractivity contribution in [1.82, 2.24) is 10.2 Å². The van der Waals surface area contributed by atoms with Crippen LogP contribution in [0.4, 0.5) is 0 Å². The number of nitrogens with zero attached hydrogens (tertiary/aromatic N) is 1. The van der Waals surface area contributed by atoms with Crippen molar-refractivity contribution in [2.24, 2.45) is 0 Å². The molecule has 4 rings (SSSR count). The molecule has 1 fully saturated rings. The highest BCUT2D eigenvalue weighted by molar-refractivity contribution is 6.06. The molecule has 3 aromatic rings. The maximum atomic E-state index is 12.7. The molecule has 1 aromatic heterocycles. The summed E-state index contributed by atoms with van der Waals surface area (Å²) in [6.07, 6.45) is 3.49. The molecule has 0 radical (unpaired) electrons. The maximum absolute atomic E-state index is 12.7. The molecule has 1 aliphatic heterocycles. The van der Waals surface area contributed by atoms with Crippen LogP contribution in [0.2, 0.25) is 0 Å². The molecule has 1 saturated heterocycles. The first-order valence-electron chi connectivity index (χ1n) is 9.36. The van der Waals surface area contributed by atoms with Crippen LogP contribution in [-0.4, -0.2) is 37.0 Å². The van der Waals surface area contributed by atoms with Gasteiger partial charge in [-0.2, -0.15) is 0 Å². The van der Waals surface area contributed by atoms with E-state index in [1.54, 1.807) is 0 Å². The minimum Gasteiger partial charge on any atom is -0.489 e. The molecule has 1 amide bonds. The predicted molar refractivity (Wildman–Crippen MR) is 105 cm³/mol. The quantitative estimate of drug-likeness (QED) is 0.747. The van der Waals surface area contributed by atoms with E-state index in [1.807, 2.05) is 48.5 Å². The molecule has 2 aromatic carbocycles. The third-order valence-electron chi connectivity index (χ3n) is 5.09. The number of carbonyl (C=O) groups excluding carboxylic acids is 1. The molecule has 5 nitrogen and oxygen atoms in total. The largest absolute Gasteiger partial charge is 0.489 e. The lowest BCUT2D eigenvalue weighted by Gasteiger charge is -2.29. The van der Waals surface area contributed by atoms with Gasteiger partial charge in [0.2, 0.25) is 0 Å². The number of furan rings is 1. The monoisotopic (exact) mass is 364 g/mol. The van der Waals surface area contributed by atoms with Gasteiger partial charge in [0.05, 0.1) is 5.56 Å². The normalized spacial score (nSPS) is 15.7. The molecule has 1 aliphatic rings. The molecule has 5 heteroatoms. The van der Waals surface area contributed by atoms with Crippen LogP contribution in [0, 0.1) is 0 Å². The van der Waals surface area contributed by atoms with Crippen LogP contribution >= 0.6 is 0 Å². The summed E-state index contributed by atoms with van der Waals surface area (Å²) in [5.41, 5.74) is 2.36. The second-order valence-corrected chi connectivity index (χ2v) is 7.13. The Morgan fingerprint density at radius 1 is 1.19 bits per heavy atom. The van der Waals surface area contributed by atoms with Crippen LogP contribution < -0.4 is 10.1 Å². The van der Waals surface area contributed by atoms with Gasteiger partial charge in [-0.3, -0.25) is 4.79 Å². The van der Waals surface area contributed by atoms with E-state index in [1.165, 1.54) is 6.26 Å². The molecule has 0 saturated carbocycles. The summed E-state index contributed by atoms with van der Waals surface area (Å²) in [6, 6.07) is 15.8. The van der Waals surface area contributed by atoms with Gasteiger partial charge >= 0.3 is 0 Å². The number of hydrogen-bond donors (Lipinski definition) is 1. The number of ether oxygens (including phenoxy) is 1. The van der Waals surface area contributed by atoms with E-state index < -0.39 is 0 Å². The first kappa shape index (κ1) is 17.6. The number of fused-ring (bicyclic) bond motifs is 1. The highest BCUT2D eigenvalue weighted by Crippen LogP contribution is 2.27. The smallest absolute Gasteiger partial charge is 0.255 e. The Bertz CT molecular complexity index is 912. The van der Waals surface area contributed by atoms with Crippen LogP contribution in [0.1, 0.15) is 28.8 Å². The fourth-order valence-electron chi connectivity index (χ4n) is 3.43. The number of benzene rings is 2. The van der Waals surface area contributed by atoms with E-state index in [4.69, 9.17) is 9.15 Å². The van der Waals surface area contributed by atoms with Crippen LogP contribution in [0.3, 0.4) is 0 Å². The van der Waals surface area contributed by atoms with Gasteiger partial charge in [0.15, 0.2) is 0 Å². The summed E-state index contributed by atoms with van der Waals surface area (Å²) >= 11 is 0. The molecule has 140 valence electrons. The van der Waals surface area contributed by atoms with E-state index in [0.717, 1.165) is 42.6 Å². The minimum atomic E-state index is -0.0801. The number of nitrogens with one attached hydrogen (secondary N) is 1. The van der Waals surface area contributed by atoms with Gasteiger partial charge in [-0.05, 0) is 56.7 Å². The van der Waals surface area contributed by atoms with Crippen LogP contribution in [0.15, 0.2) is 59.2 Å². The summed E-state index contributed by atoms with van der Waals surface area (Å²) in [5.74, 6) is 0.643.